The Morgan fingerprint density at radius 3 is 2.46 bits per heavy atom. The van der Waals surface area contributed by atoms with E-state index in [1.807, 2.05) is 17.0 Å². The third-order valence-electron chi connectivity index (χ3n) is 11.0. The molecule has 1 unspecified atom stereocenters. The summed E-state index contributed by atoms with van der Waals surface area (Å²) in [5, 5.41) is 0.177. The van der Waals surface area contributed by atoms with E-state index in [2.05, 4.69) is 39.4 Å². The molecule has 0 aliphatic carbocycles. The summed E-state index contributed by atoms with van der Waals surface area (Å²) in [6.07, 6.45) is 6.71. The monoisotopic (exact) mass is 693 g/mol. The number of likely N-dealkylation sites (tertiary alicyclic amines) is 1. The van der Waals surface area contributed by atoms with Crippen LogP contribution < -0.4 is 4.89 Å². The number of para-hydroxylation sites is 2. The molecule has 1 amide bonds. The molecule has 3 aliphatic rings. The summed E-state index contributed by atoms with van der Waals surface area (Å²) in [5.41, 5.74) is 3.04. The van der Waals surface area contributed by atoms with Gasteiger partial charge in [0.2, 0.25) is 0 Å². The first-order valence-electron chi connectivity index (χ1n) is 16.7. The smallest absolute Gasteiger partial charge is 0.262 e. The number of piperidine rings is 2. The van der Waals surface area contributed by atoms with Gasteiger partial charge in [0.05, 0.1) is 33.6 Å². The minimum Gasteiger partial charge on any atom is -0.339 e. The molecule has 254 valence electrons. The van der Waals surface area contributed by atoms with Gasteiger partial charge in [-0.2, -0.15) is 0 Å². The van der Waals surface area contributed by atoms with E-state index < -0.39 is 10.0 Å². The Kier molecular flexibility index (Phi) is 9.10. The Morgan fingerprint density at radius 2 is 1.75 bits per heavy atom. The minimum atomic E-state index is -3.97. The van der Waals surface area contributed by atoms with Gasteiger partial charge in [0.1, 0.15) is 11.6 Å². The predicted octanol–water partition coefficient (Wildman–Crippen LogP) is 6.41. The van der Waals surface area contributed by atoms with Crippen LogP contribution in [0.3, 0.4) is 0 Å². The first-order chi connectivity index (χ1) is 23.1. The van der Waals surface area contributed by atoms with E-state index in [0.29, 0.717) is 44.1 Å². The molecular weight excluding hydrogens is 653 g/mol. The number of hydrogen-bond donors (Lipinski definition) is 1. The van der Waals surface area contributed by atoms with Crippen molar-refractivity contribution >= 4 is 38.6 Å². The largest absolute Gasteiger partial charge is 0.339 e. The maximum atomic E-state index is 14.6. The van der Waals surface area contributed by atoms with Crippen LogP contribution in [0.5, 0.6) is 0 Å². The molecule has 3 atom stereocenters. The third-order valence-corrected chi connectivity index (χ3v) is 12.6. The fraction of sp³-hybridized carbons (Fsp3) is 0.444. The maximum absolute atomic E-state index is 14.6. The van der Waals surface area contributed by atoms with E-state index in [9.17, 15) is 17.6 Å². The van der Waals surface area contributed by atoms with Crippen LogP contribution in [-0.4, -0.2) is 72.5 Å². The number of carbonyl (C=O) groups excluding carboxylic acids is 1. The fourth-order valence-electron chi connectivity index (χ4n) is 8.59. The quantitative estimate of drug-likeness (QED) is 0.204. The zero-order valence-corrected chi connectivity index (χ0v) is 28.8. The molecule has 4 aromatic rings. The molecule has 3 aromatic carbocycles. The van der Waals surface area contributed by atoms with E-state index in [1.54, 1.807) is 17.0 Å². The number of halogens is 2. The summed E-state index contributed by atoms with van der Waals surface area (Å²) in [6.45, 7) is 3.91. The average Bonchev–Trinajstić information content (AvgIpc) is 3.53. The molecule has 0 spiro atoms. The Labute approximate surface area is 286 Å². The number of rotatable bonds is 9. The maximum Gasteiger partial charge on any atom is 0.262 e. The van der Waals surface area contributed by atoms with Gasteiger partial charge >= 0.3 is 0 Å². The Hall–Kier alpha value is -3.35. The molecule has 0 saturated carbocycles. The van der Waals surface area contributed by atoms with Gasteiger partial charge in [-0.15, -0.1) is 0 Å². The van der Waals surface area contributed by atoms with Gasteiger partial charge in [0, 0.05) is 31.2 Å². The third kappa shape index (κ3) is 6.15. The lowest BCUT2D eigenvalue weighted by molar-refractivity contribution is 0.0606. The summed E-state index contributed by atoms with van der Waals surface area (Å²) < 4.78 is 42.1. The number of imidazole rings is 1. The highest BCUT2D eigenvalue weighted by Crippen LogP contribution is 2.45. The lowest BCUT2D eigenvalue weighted by Gasteiger charge is -2.45. The SMILES string of the molecule is CONS(=O)(=O)c1ccc(Cl)c(C(=O)N2CCC(CCN3[C@@H]4CC[C@H]3CC(n3c(C)nc5ccccc53)C4)(c3cccc(F)c3)CC2)c1. The zero-order valence-electron chi connectivity index (χ0n) is 27.2. The van der Waals surface area contributed by atoms with Crippen molar-refractivity contribution in [2.75, 3.05) is 26.7 Å². The van der Waals surface area contributed by atoms with Crippen LogP contribution in [0.15, 0.2) is 71.6 Å². The first-order valence-corrected chi connectivity index (χ1v) is 18.5. The second-order valence-corrected chi connectivity index (χ2v) is 15.6. The fourth-order valence-corrected chi connectivity index (χ4v) is 9.63. The highest BCUT2D eigenvalue weighted by molar-refractivity contribution is 7.89. The van der Waals surface area contributed by atoms with Crippen molar-refractivity contribution in [2.45, 2.75) is 80.3 Å². The number of aryl methyl sites for hydroxylation is 1. The molecule has 2 bridgehead atoms. The summed E-state index contributed by atoms with van der Waals surface area (Å²) in [6, 6.07) is 20.7. The van der Waals surface area contributed by atoms with E-state index in [4.69, 9.17) is 16.6 Å². The van der Waals surface area contributed by atoms with Gasteiger partial charge in [-0.3, -0.25) is 14.5 Å². The number of aromatic nitrogens is 2. The lowest BCUT2D eigenvalue weighted by Crippen LogP contribution is -2.49. The summed E-state index contributed by atoms with van der Waals surface area (Å²) in [7, 11) is -2.77. The van der Waals surface area contributed by atoms with Gasteiger partial charge in [0.25, 0.3) is 15.9 Å². The summed E-state index contributed by atoms with van der Waals surface area (Å²) in [4.78, 5) is 29.4. The zero-order chi connectivity index (χ0) is 33.6. The molecule has 1 aromatic heterocycles. The van der Waals surface area contributed by atoms with Crippen LogP contribution in [0.1, 0.15) is 72.7 Å². The van der Waals surface area contributed by atoms with Crippen molar-refractivity contribution in [3.8, 4) is 0 Å². The van der Waals surface area contributed by atoms with Gasteiger partial charge in [-0.05, 0) is 112 Å². The lowest BCUT2D eigenvalue weighted by atomic mass is 9.70. The molecule has 48 heavy (non-hydrogen) atoms. The van der Waals surface area contributed by atoms with Crippen LogP contribution in [-0.2, 0) is 20.3 Å². The Bertz CT molecular complexity index is 1930. The number of fused-ring (bicyclic) bond motifs is 3. The molecule has 3 aliphatic heterocycles. The topological polar surface area (TPSA) is 96.8 Å². The van der Waals surface area contributed by atoms with Crippen molar-refractivity contribution in [1.82, 2.24) is 24.2 Å². The molecule has 9 nitrogen and oxygen atoms in total. The average molecular weight is 694 g/mol. The summed E-state index contributed by atoms with van der Waals surface area (Å²) >= 11 is 6.41. The standard InChI is InChI=1S/C36H41ClFN5O4S/c1-24-39-33-8-3-4-9-34(33)43(24)29-21-27-10-11-28(22-29)42(27)19-16-36(25-6-5-7-26(38)20-25)14-17-41(18-15-36)35(44)31-23-30(12-13-32(31)37)48(45,46)40-47-2/h3-9,12-13,20,23,27-29,40H,10-11,14-19,21-22H2,1-2H3/t27-,28+,29?. The molecule has 0 radical (unpaired) electrons. The van der Waals surface area contributed by atoms with E-state index in [1.165, 1.54) is 49.7 Å². The van der Waals surface area contributed by atoms with Crippen molar-refractivity contribution in [1.29, 1.82) is 0 Å². The van der Waals surface area contributed by atoms with Crippen LogP contribution in [0, 0.1) is 12.7 Å². The van der Waals surface area contributed by atoms with Crippen molar-refractivity contribution in [2.24, 2.45) is 0 Å². The number of amides is 1. The molecule has 1 N–H and O–H groups in total. The van der Waals surface area contributed by atoms with Crippen LogP contribution in [0.4, 0.5) is 4.39 Å². The van der Waals surface area contributed by atoms with E-state index in [-0.39, 0.29) is 32.6 Å². The molecule has 3 fully saturated rings. The highest BCUT2D eigenvalue weighted by Gasteiger charge is 2.44. The molecular formula is C36H41ClFN5O4S. The number of carbonyl (C=O) groups is 1. The van der Waals surface area contributed by atoms with Crippen LogP contribution >= 0.6 is 11.6 Å². The van der Waals surface area contributed by atoms with E-state index in [0.717, 1.165) is 42.7 Å². The minimum absolute atomic E-state index is 0.113. The normalized spacial score (nSPS) is 22.8. The second-order valence-electron chi connectivity index (χ2n) is 13.5. The molecule has 7 rings (SSSR count). The Balaban J connectivity index is 1.08. The number of nitrogens with one attached hydrogen (secondary N) is 1. The van der Waals surface area contributed by atoms with Crippen LogP contribution in [0.25, 0.3) is 11.0 Å². The first kappa shape index (κ1) is 33.2. The van der Waals surface area contributed by atoms with Gasteiger partial charge in [-0.1, -0.05) is 40.8 Å². The van der Waals surface area contributed by atoms with Gasteiger partial charge in [0.15, 0.2) is 0 Å². The number of sulfonamides is 1. The van der Waals surface area contributed by atoms with E-state index >= 15 is 0 Å². The summed E-state index contributed by atoms with van der Waals surface area (Å²) in [5.74, 6) is 0.482. The van der Waals surface area contributed by atoms with Crippen molar-refractivity contribution in [3.63, 3.8) is 0 Å². The van der Waals surface area contributed by atoms with Crippen molar-refractivity contribution in [3.05, 3.63) is 94.5 Å². The van der Waals surface area contributed by atoms with Crippen molar-refractivity contribution < 1.29 is 22.4 Å². The Morgan fingerprint density at radius 1 is 1.02 bits per heavy atom. The number of benzene rings is 3. The molecule has 4 heterocycles. The second kappa shape index (κ2) is 13.2. The van der Waals surface area contributed by atoms with Gasteiger partial charge in [-0.25, -0.2) is 17.8 Å². The number of nitrogens with zero attached hydrogens (tertiary/aromatic N) is 4. The highest BCUT2D eigenvalue weighted by atomic mass is 35.5. The molecule has 3 saturated heterocycles. The van der Waals surface area contributed by atoms with Crippen LogP contribution in [0.2, 0.25) is 5.02 Å². The molecule has 12 heteroatoms. The number of hydrogen-bond acceptors (Lipinski definition) is 6. The van der Waals surface area contributed by atoms with Gasteiger partial charge < -0.3 is 9.47 Å². The predicted molar refractivity (Wildman–Crippen MR) is 183 cm³/mol.